The van der Waals surface area contributed by atoms with Crippen LogP contribution in [0.4, 0.5) is 0 Å². The minimum absolute atomic E-state index is 0.0169. The number of hydrogen-bond acceptors (Lipinski definition) is 2. The van der Waals surface area contributed by atoms with Crippen LogP contribution in [0.5, 0.6) is 0 Å². The second-order valence-corrected chi connectivity index (χ2v) is 3.56. The number of rotatable bonds is 0. The molecule has 0 bridgehead atoms. The summed E-state index contributed by atoms with van der Waals surface area (Å²) in [6.45, 7) is 3.94. The summed E-state index contributed by atoms with van der Waals surface area (Å²) >= 11 is 0. The average molecular weight is 188 g/mol. The molecule has 72 valence electrons. The molecule has 0 unspecified atom stereocenters. The predicted octanol–water partition coefficient (Wildman–Crippen LogP) is 1.55. The highest BCUT2D eigenvalue weighted by Gasteiger charge is 2.05. The van der Waals surface area contributed by atoms with E-state index in [0.29, 0.717) is 5.52 Å². The van der Waals surface area contributed by atoms with E-state index in [1.807, 2.05) is 33.0 Å². The first-order valence-corrected chi connectivity index (χ1v) is 4.54. The topological polar surface area (TPSA) is 34.9 Å². The normalized spacial score (nSPS) is 10.8. The fourth-order valence-electron chi connectivity index (χ4n) is 1.54. The van der Waals surface area contributed by atoms with E-state index in [2.05, 4.69) is 5.10 Å². The molecular weight excluding hydrogens is 176 g/mol. The smallest absolute Gasteiger partial charge is 0.206 e. The van der Waals surface area contributed by atoms with Gasteiger partial charge < -0.3 is 0 Å². The van der Waals surface area contributed by atoms with Crippen LogP contribution >= 0.6 is 0 Å². The molecule has 2 aromatic rings. The van der Waals surface area contributed by atoms with Crippen molar-refractivity contribution in [3.05, 3.63) is 39.7 Å². The van der Waals surface area contributed by atoms with Crippen molar-refractivity contribution in [1.29, 1.82) is 0 Å². The highest BCUT2D eigenvalue weighted by atomic mass is 16.1. The lowest BCUT2D eigenvalue weighted by atomic mass is 10.2. The largest absolute Gasteiger partial charge is 0.287 e. The summed E-state index contributed by atoms with van der Waals surface area (Å²) in [6.07, 6.45) is 0. The van der Waals surface area contributed by atoms with E-state index in [1.165, 1.54) is 0 Å². The van der Waals surface area contributed by atoms with Crippen LogP contribution in [0.3, 0.4) is 0 Å². The highest BCUT2D eigenvalue weighted by Crippen LogP contribution is 2.13. The van der Waals surface area contributed by atoms with Crippen LogP contribution < -0.4 is 5.43 Å². The molecule has 3 nitrogen and oxygen atoms in total. The third kappa shape index (κ3) is 1.21. The summed E-state index contributed by atoms with van der Waals surface area (Å²) in [5, 5.41) is 5.14. The molecule has 0 spiro atoms. The van der Waals surface area contributed by atoms with Crippen molar-refractivity contribution < 1.29 is 0 Å². The molecule has 0 amide bonds. The molecule has 0 fully saturated rings. The molecule has 0 atom stereocenters. The van der Waals surface area contributed by atoms with Gasteiger partial charge in [-0.1, -0.05) is 11.6 Å². The zero-order valence-electron chi connectivity index (χ0n) is 8.53. The lowest BCUT2D eigenvalue weighted by Crippen LogP contribution is -1.97. The van der Waals surface area contributed by atoms with Crippen LogP contribution in [-0.2, 0) is 7.05 Å². The maximum Gasteiger partial charge on any atom is 0.206 e. The van der Waals surface area contributed by atoms with Crippen LogP contribution in [0, 0.1) is 13.8 Å². The Kier molecular flexibility index (Phi) is 1.88. The summed E-state index contributed by atoms with van der Waals surface area (Å²) in [7, 11) is 1.85. The number of nitrogens with zero attached hydrogens (tertiary/aromatic N) is 2. The van der Waals surface area contributed by atoms with E-state index in [9.17, 15) is 4.79 Å². The van der Waals surface area contributed by atoms with Crippen molar-refractivity contribution in [3.63, 3.8) is 0 Å². The van der Waals surface area contributed by atoms with E-state index >= 15 is 0 Å². The van der Waals surface area contributed by atoms with Crippen molar-refractivity contribution in [1.82, 2.24) is 9.78 Å². The first kappa shape index (κ1) is 8.94. The predicted molar refractivity (Wildman–Crippen MR) is 56.5 cm³/mol. The van der Waals surface area contributed by atoms with E-state index in [0.717, 1.165) is 16.6 Å². The minimum atomic E-state index is -0.0169. The molecular formula is C11H12N2O. The van der Waals surface area contributed by atoms with Gasteiger partial charge in [0.05, 0.1) is 0 Å². The number of aromatic nitrogens is 2. The van der Waals surface area contributed by atoms with Gasteiger partial charge in [0.25, 0.3) is 0 Å². The van der Waals surface area contributed by atoms with Gasteiger partial charge in [-0.2, -0.15) is 5.10 Å². The van der Waals surface area contributed by atoms with Crippen molar-refractivity contribution in [2.45, 2.75) is 13.8 Å². The Labute approximate surface area is 82.0 Å². The fourth-order valence-corrected chi connectivity index (χ4v) is 1.54. The molecule has 0 radical (unpaired) electrons. The third-order valence-electron chi connectivity index (χ3n) is 2.48. The second-order valence-electron chi connectivity index (χ2n) is 3.56. The zero-order valence-corrected chi connectivity index (χ0v) is 8.53. The Morgan fingerprint density at radius 1 is 1.29 bits per heavy atom. The second kappa shape index (κ2) is 2.94. The monoisotopic (exact) mass is 188 g/mol. The third-order valence-corrected chi connectivity index (χ3v) is 2.48. The van der Waals surface area contributed by atoms with Gasteiger partial charge in [-0.05, 0) is 26.0 Å². The Hall–Kier alpha value is -1.64. The first-order chi connectivity index (χ1) is 6.59. The molecule has 14 heavy (non-hydrogen) atoms. The van der Waals surface area contributed by atoms with Crippen LogP contribution in [-0.4, -0.2) is 9.78 Å². The molecule has 1 aromatic heterocycles. The first-order valence-electron chi connectivity index (χ1n) is 4.54. The Balaban J connectivity index is 3.07. The van der Waals surface area contributed by atoms with E-state index in [-0.39, 0.29) is 5.43 Å². The van der Waals surface area contributed by atoms with Crippen molar-refractivity contribution in [3.8, 4) is 0 Å². The average Bonchev–Trinajstić information content (AvgIpc) is 2.33. The maximum absolute atomic E-state index is 11.6. The van der Waals surface area contributed by atoms with Gasteiger partial charge in [-0.3, -0.25) is 9.48 Å². The highest BCUT2D eigenvalue weighted by molar-refractivity contribution is 5.80. The van der Waals surface area contributed by atoms with Crippen LogP contribution in [0.1, 0.15) is 11.3 Å². The fraction of sp³-hybridized carbons (Fsp3) is 0.273. The molecule has 0 saturated heterocycles. The van der Waals surface area contributed by atoms with E-state index in [1.54, 1.807) is 10.7 Å². The van der Waals surface area contributed by atoms with Crippen LogP contribution in [0.2, 0.25) is 0 Å². The summed E-state index contributed by atoms with van der Waals surface area (Å²) < 4.78 is 1.74. The van der Waals surface area contributed by atoms with Gasteiger partial charge in [-0.25, -0.2) is 0 Å². The minimum Gasteiger partial charge on any atom is -0.287 e. The van der Waals surface area contributed by atoms with Gasteiger partial charge in [0.2, 0.25) is 5.43 Å². The van der Waals surface area contributed by atoms with Crippen molar-refractivity contribution in [2.24, 2.45) is 7.05 Å². The van der Waals surface area contributed by atoms with E-state index in [4.69, 9.17) is 0 Å². The summed E-state index contributed by atoms with van der Waals surface area (Å²) in [6, 6.07) is 5.40. The van der Waals surface area contributed by atoms with Gasteiger partial charge in [-0.15, -0.1) is 0 Å². The van der Waals surface area contributed by atoms with E-state index < -0.39 is 0 Å². The molecule has 1 aromatic carbocycles. The Bertz CT molecular complexity index is 555. The quantitative estimate of drug-likeness (QED) is 0.628. The molecule has 3 heteroatoms. The molecule has 0 N–H and O–H groups in total. The van der Waals surface area contributed by atoms with Crippen molar-refractivity contribution in [2.75, 3.05) is 0 Å². The number of hydrogen-bond donors (Lipinski definition) is 0. The lowest BCUT2D eigenvalue weighted by molar-refractivity contribution is 0.750. The van der Waals surface area contributed by atoms with Gasteiger partial charge in [0, 0.05) is 18.1 Å². The summed E-state index contributed by atoms with van der Waals surface area (Å²) in [5.41, 5.74) is 2.64. The molecule has 0 aliphatic carbocycles. The zero-order chi connectivity index (χ0) is 10.3. The molecule has 2 rings (SSSR count). The molecule has 0 aliphatic rings. The standard InChI is InChI=1S/C11H12N2O/c1-7-4-5-10(14)11-9(6-7)8(2)13(3)12-11/h4-6H,1-3H3. The SMILES string of the molecule is Cc1ccc(=O)c2nn(C)c(C)c2c1. The van der Waals surface area contributed by atoms with Gasteiger partial charge in [0.15, 0.2) is 0 Å². The lowest BCUT2D eigenvalue weighted by Gasteiger charge is -1.90. The van der Waals surface area contributed by atoms with Crippen molar-refractivity contribution >= 4 is 10.9 Å². The Morgan fingerprint density at radius 3 is 2.71 bits per heavy atom. The Morgan fingerprint density at radius 2 is 2.00 bits per heavy atom. The summed E-state index contributed by atoms with van der Waals surface area (Å²) in [5.74, 6) is 0. The van der Waals surface area contributed by atoms with Crippen LogP contribution in [0.25, 0.3) is 10.9 Å². The molecule has 1 heterocycles. The number of fused-ring (bicyclic) bond motifs is 1. The summed E-state index contributed by atoms with van der Waals surface area (Å²) in [4.78, 5) is 11.6. The van der Waals surface area contributed by atoms with Gasteiger partial charge >= 0.3 is 0 Å². The maximum atomic E-state index is 11.6. The molecule has 0 aliphatic heterocycles. The molecule has 0 saturated carbocycles. The number of aryl methyl sites for hydroxylation is 3. The van der Waals surface area contributed by atoms with Crippen LogP contribution in [0.15, 0.2) is 23.0 Å². The van der Waals surface area contributed by atoms with Gasteiger partial charge in [0.1, 0.15) is 5.52 Å².